The van der Waals surface area contributed by atoms with Crippen molar-refractivity contribution in [3.63, 3.8) is 0 Å². The Labute approximate surface area is 153 Å². The summed E-state index contributed by atoms with van der Waals surface area (Å²) in [5.41, 5.74) is 2.01. The first kappa shape index (κ1) is 17.1. The first-order chi connectivity index (χ1) is 12.2. The summed E-state index contributed by atoms with van der Waals surface area (Å²) in [6.07, 6.45) is 5.72. The average Bonchev–Trinajstić information content (AvgIpc) is 2.99. The molecule has 1 saturated heterocycles. The lowest BCUT2D eigenvalue weighted by Gasteiger charge is -2.34. The van der Waals surface area contributed by atoms with Gasteiger partial charge in [-0.2, -0.15) is 0 Å². The van der Waals surface area contributed by atoms with E-state index in [9.17, 15) is 4.79 Å². The van der Waals surface area contributed by atoms with Crippen LogP contribution in [0, 0.1) is 5.92 Å². The van der Waals surface area contributed by atoms with Crippen LogP contribution in [0.2, 0.25) is 5.02 Å². The third kappa shape index (κ3) is 3.25. The van der Waals surface area contributed by atoms with E-state index in [0.29, 0.717) is 30.1 Å². The minimum absolute atomic E-state index is 0.130. The van der Waals surface area contributed by atoms with Crippen molar-refractivity contribution in [1.82, 2.24) is 4.90 Å². The number of fused-ring (bicyclic) bond motifs is 2. The van der Waals surface area contributed by atoms with Gasteiger partial charge in [-0.05, 0) is 37.3 Å². The molecule has 1 aromatic carbocycles. The van der Waals surface area contributed by atoms with E-state index in [-0.39, 0.29) is 18.8 Å². The van der Waals surface area contributed by atoms with Gasteiger partial charge in [0.25, 0.3) is 0 Å². The number of esters is 1. The predicted molar refractivity (Wildman–Crippen MR) is 93.4 cm³/mol. The lowest BCUT2D eigenvalue weighted by Crippen LogP contribution is -2.42. The van der Waals surface area contributed by atoms with Crippen molar-refractivity contribution in [2.45, 2.75) is 57.3 Å². The molecule has 0 bridgehead atoms. The highest BCUT2D eigenvalue weighted by atomic mass is 35.5. The second-order valence-electron chi connectivity index (χ2n) is 7.22. The Morgan fingerprint density at radius 1 is 1.36 bits per heavy atom. The van der Waals surface area contributed by atoms with E-state index >= 15 is 0 Å². The summed E-state index contributed by atoms with van der Waals surface area (Å²) in [5.74, 6) is 1.31. The van der Waals surface area contributed by atoms with Crippen LogP contribution < -0.4 is 4.74 Å². The van der Waals surface area contributed by atoms with Gasteiger partial charge >= 0.3 is 5.97 Å². The van der Waals surface area contributed by atoms with Crippen LogP contribution in [-0.4, -0.2) is 36.9 Å². The van der Waals surface area contributed by atoms with Crippen molar-refractivity contribution in [2.75, 3.05) is 13.9 Å². The number of halogens is 1. The number of nitrogens with zero attached hydrogens (tertiary/aromatic N) is 1. The summed E-state index contributed by atoms with van der Waals surface area (Å²) in [6, 6.07) is 4.11. The molecule has 0 unspecified atom stereocenters. The number of methoxy groups -OCH3 is 1. The van der Waals surface area contributed by atoms with Gasteiger partial charge in [0, 0.05) is 28.7 Å². The molecule has 6 heteroatoms. The fourth-order valence-electron chi connectivity index (χ4n) is 4.72. The molecule has 0 spiro atoms. The van der Waals surface area contributed by atoms with Crippen LogP contribution in [-0.2, 0) is 27.4 Å². The molecule has 2 fully saturated rings. The summed E-state index contributed by atoms with van der Waals surface area (Å²) in [7, 11) is 1.48. The summed E-state index contributed by atoms with van der Waals surface area (Å²) in [5, 5.41) is 0.678. The highest BCUT2D eigenvalue weighted by Gasteiger charge is 2.45. The van der Waals surface area contributed by atoms with Crippen LogP contribution in [0.15, 0.2) is 12.1 Å². The van der Waals surface area contributed by atoms with E-state index in [1.807, 2.05) is 12.1 Å². The molecule has 25 heavy (non-hydrogen) atoms. The molecular formula is C19H24ClNO4. The number of rotatable bonds is 3. The molecule has 2 aliphatic heterocycles. The van der Waals surface area contributed by atoms with Gasteiger partial charge in [0.2, 0.25) is 0 Å². The number of benzene rings is 1. The summed E-state index contributed by atoms with van der Waals surface area (Å²) >= 11 is 6.31. The largest absolute Gasteiger partial charge is 0.468 e. The van der Waals surface area contributed by atoms with Crippen molar-refractivity contribution in [1.29, 1.82) is 0 Å². The number of hydrogen-bond donors (Lipinski definition) is 0. The lowest BCUT2D eigenvalue weighted by atomic mass is 9.84. The molecular weight excluding hydrogens is 342 g/mol. The SMILES string of the molecule is COC(=O)[C@@H]1C[C@H]2CCCC[C@@H]2N1Cc1cc(Cl)cc2c1OCOC2. The third-order valence-electron chi connectivity index (χ3n) is 5.80. The van der Waals surface area contributed by atoms with Crippen LogP contribution in [0.25, 0.3) is 0 Å². The average molecular weight is 366 g/mol. The highest BCUT2D eigenvalue weighted by molar-refractivity contribution is 6.30. The monoisotopic (exact) mass is 365 g/mol. The van der Waals surface area contributed by atoms with Crippen LogP contribution >= 0.6 is 11.6 Å². The summed E-state index contributed by atoms with van der Waals surface area (Å²) in [6.45, 7) is 1.42. The highest BCUT2D eigenvalue weighted by Crippen LogP contribution is 2.42. The molecule has 3 atom stereocenters. The number of hydrogen-bond acceptors (Lipinski definition) is 5. The van der Waals surface area contributed by atoms with Crippen LogP contribution in [0.3, 0.4) is 0 Å². The third-order valence-corrected chi connectivity index (χ3v) is 6.02. The van der Waals surface area contributed by atoms with Gasteiger partial charge in [-0.25, -0.2) is 0 Å². The molecule has 5 nitrogen and oxygen atoms in total. The Kier molecular flexibility index (Phi) is 4.89. The van der Waals surface area contributed by atoms with Crippen molar-refractivity contribution in [3.05, 3.63) is 28.3 Å². The van der Waals surface area contributed by atoms with Gasteiger partial charge in [0.15, 0.2) is 6.79 Å². The van der Waals surface area contributed by atoms with Crippen molar-refractivity contribution < 1.29 is 19.0 Å². The second kappa shape index (κ2) is 7.14. The first-order valence-electron chi connectivity index (χ1n) is 9.03. The van der Waals surface area contributed by atoms with Gasteiger partial charge < -0.3 is 14.2 Å². The number of carbonyl (C=O) groups is 1. The van der Waals surface area contributed by atoms with Crippen LogP contribution in [0.1, 0.15) is 43.2 Å². The molecule has 1 saturated carbocycles. The Morgan fingerprint density at radius 2 is 2.20 bits per heavy atom. The molecule has 2 heterocycles. The quantitative estimate of drug-likeness (QED) is 0.767. The molecule has 1 aromatic rings. The summed E-state index contributed by atoms with van der Waals surface area (Å²) < 4.78 is 16.2. The Hall–Kier alpha value is -1.30. The molecule has 3 aliphatic rings. The van der Waals surface area contributed by atoms with Gasteiger partial charge in [-0.1, -0.05) is 24.4 Å². The molecule has 0 amide bonds. The van der Waals surface area contributed by atoms with Crippen molar-refractivity contribution >= 4 is 17.6 Å². The van der Waals surface area contributed by atoms with E-state index in [4.69, 9.17) is 25.8 Å². The minimum Gasteiger partial charge on any atom is -0.468 e. The number of ether oxygens (including phenoxy) is 3. The van der Waals surface area contributed by atoms with Crippen LogP contribution in [0.5, 0.6) is 5.75 Å². The van der Waals surface area contributed by atoms with Crippen LogP contribution in [0.4, 0.5) is 0 Å². The molecule has 0 radical (unpaired) electrons. The van der Waals surface area contributed by atoms with Crippen molar-refractivity contribution in [2.24, 2.45) is 5.92 Å². The van der Waals surface area contributed by atoms with Gasteiger partial charge in [0.05, 0.1) is 13.7 Å². The van der Waals surface area contributed by atoms with E-state index in [2.05, 4.69) is 4.90 Å². The Morgan fingerprint density at radius 3 is 3.04 bits per heavy atom. The van der Waals surface area contributed by atoms with Gasteiger partial charge in [-0.15, -0.1) is 0 Å². The normalized spacial score (nSPS) is 28.8. The molecule has 1 aliphatic carbocycles. The molecule has 136 valence electrons. The number of carbonyl (C=O) groups excluding carboxylic acids is 1. The van der Waals surface area contributed by atoms with Gasteiger partial charge in [0.1, 0.15) is 11.8 Å². The predicted octanol–water partition coefficient (Wildman–Crippen LogP) is 3.51. The zero-order valence-corrected chi connectivity index (χ0v) is 15.3. The molecule has 4 rings (SSSR count). The molecule has 0 N–H and O–H groups in total. The van der Waals surface area contributed by atoms with Gasteiger partial charge in [-0.3, -0.25) is 9.69 Å². The van der Waals surface area contributed by atoms with E-state index in [1.165, 1.54) is 26.4 Å². The maximum absolute atomic E-state index is 12.4. The molecule has 0 aromatic heterocycles. The zero-order valence-electron chi connectivity index (χ0n) is 14.5. The van der Waals surface area contributed by atoms with E-state index in [1.54, 1.807) is 0 Å². The smallest absolute Gasteiger partial charge is 0.323 e. The fraction of sp³-hybridized carbons (Fsp3) is 0.632. The zero-order chi connectivity index (χ0) is 17.4. The topological polar surface area (TPSA) is 48.0 Å². The van der Waals surface area contributed by atoms with E-state index in [0.717, 1.165) is 29.7 Å². The van der Waals surface area contributed by atoms with Crippen molar-refractivity contribution in [3.8, 4) is 5.75 Å². The van der Waals surface area contributed by atoms with E-state index < -0.39 is 0 Å². The standard InChI is InChI=1S/C19H24ClNO4/c1-23-19(22)17-8-12-4-2-3-5-16(12)21(17)9-13-6-15(20)7-14-10-24-11-25-18(13)14/h6-7,12,16-17H,2-5,8-11H2,1H3/t12-,16+,17+/m1/s1. The fourth-order valence-corrected chi connectivity index (χ4v) is 4.98. The number of likely N-dealkylation sites (tertiary alicyclic amines) is 1. The maximum atomic E-state index is 12.4. The summed E-state index contributed by atoms with van der Waals surface area (Å²) in [4.78, 5) is 14.7. The minimum atomic E-state index is -0.174. The maximum Gasteiger partial charge on any atom is 0.323 e. The Bertz CT molecular complexity index is 665. The second-order valence-corrected chi connectivity index (χ2v) is 7.66. The first-order valence-corrected chi connectivity index (χ1v) is 9.40. The Balaban J connectivity index is 1.65. The lowest BCUT2D eigenvalue weighted by molar-refractivity contribution is -0.146.